The lowest BCUT2D eigenvalue weighted by atomic mass is 10.4. The molecule has 2 aromatic rings. The van der Waals surface area contributed by atoms with E-state index in [1.54, 1.807) is 37.2 Å². The lowest BCUT2D eigenvalue weighted by Crippen LogP contribution is -3.00. The Morgan fingerprint density at radius 1 is 1.28 bits per heavy atom. The molecule has 11 nitrogen and oxygen atoms in total. The average Bonchev–Trinajstić information content (AvgIpc) is 2.53. The fraction of sp³-hybridized carbons (Fsp3) is 0.154. The zero-order chi connectivity index (χ0) is 17.7. The van der Waals surface area contributed by atoms with E-state index in [-0.39, 0.29) is 18.3 Å². The van der Waals surface area contributed by atoms with E-state index in [4.69, 9.17) is 4.84 Å². The van der Waals surface area contributed by atoms with Crippen molar-refractivity contribution in [3.63, 3.8) is 0 Å². The van der Waals surface area contributed by atoms with E-state index in [0.717, 1.165) is 12.3 Å². The maximum Gasteiger partial charge on any atom is 0.363 e. The number of hydrogen-bond acceptors (Lipinski definition) is 7. The van der Waals surface area contributed by atoms with Crippen LogP contribution in [0, 0.1) is 20.2 Å². The van der Waals surface area contributed by atoms with Gasteiger partial charge in [-0.1, -0.05) is 6.07 Å². The van der Waals surface area contributed by atoms with Crippen LogP contribution in [0.3, 0.4) is 0 Å². The molecule has 0 fully saturated rings. The van der Waals surface area contributed by atoms with Gasteiger partial charge in [0.1, 0.15) is 18.5 Å². The monoisotopic (exact) mass is 368 g/mol. The second kappa shape index (κ2) is 8.49. The molecule has 2 aromatic heterocycles. The van der Waals surface area contributed by atoms with Crippen LogP contribution in [0.2, 0.25) is 0 Å². The fourth-order valence-electron chi connectivity index (χ4n) is 1.60. The van der Waals surface area contributed by atoms with Crippen molar-refractivity contribution in [2.45, 2.75) is 0 Å². The summed E-state index contributed by atoms with van der Waals surface area (Å²) in [6.07, 6.45) is 3.89. The smallest absolute Gasteiger partial charge is 0.363 e. The van der Waals surface area contributed by atoms with Gasteiger partial charge in [-0.05, 0) is 15.8 Å². The predicted octanol–water partition coefficient (Wildman–Crippen LogP) is -1.75. The summed E-state index contributed by atoms with van der Waals surface area (Å²) in [7, 11) is 3.56. The molecule has 0 aliphatic heterocycles. The van der Waals surface area contributed by atoms with E-state index in [1.165, 1.54) is 17.3 Å². The molecule has 0 amide bonds. The molecule has 0 spiro atoms. The summed E-state index contributed by atoms with van der Waals surface area (Å²) in [5.41, 5.74) is -1.12. The molecular weight excluding hydrogens is 356 g/mol. The van der Waals surface area contributed by atoms with Crippen LogP contribution in [0.1, 0.15) is 0 Å². The molecule has 132 valence electrons. The van der Waals surface area contributed by atoms with Gasteiger partial charge >= 0.3 is 17.4 Å². The van der Waals surface area contributed by atoms with Crippen molar-refractivity contribution in [3.8, 4) is 5.88 Å². The third-order valence-electron chi connectivity index (χ3n) is 2.63. The van der Waals surface area contributed by atoms with Gasteiger partial charge in [0.2, 0.25) is 6.34 Å². The van der Waals surface area contributed by atoms with Crippen LogP contribution in [0.15, 0.2) is 41.7 Å². The van der Waals surface area contributed by atoms with E-state index in [2.05, 4.69) is 9.98 Å². The van der Waals surface area contributed by atoms with Crippen molar-refractivity contribution in [1.82, 2.24) is 9.88 Å². The van der Waals surface area contributed by atoms with E-state index in [1.807, 2.05) is 0 Å². The third kappa shape index (κ3) is 5.07. The first-order valence-electron chi connectivity index (χ1n) is 6.57. The fourth-order valence-corrected chi connectivity index (χ4v) is 1.60. The highest BCUT2D eigenvalue weighted by molar-refractivity contribution is 5.57. The number of halogens is 1. The van der Waals surface area contributed by atoms with Crippen molar-refractivity contribution < 1.29 is 31.8 Å². The molecule has 0 unspecified atom stereocenters. The highest BCUT2D eigenvalue weighted by Crippen LogP contribution is 2.27. The Morgan fingerprint density at radius 3 is 2.60 bits per heavy atom. The molecular formula is C13H13ClN6O5. The summed E-state index contributed by atoms with van der Waals surface area (Å²) < 4.78 is 1.17. The van der Waals surface area contributed by atoms with Crippen molar-refractivity contribution in [3.05, 3.63) is 56.9 Å². The van der Waals surface area contributed by atoms with Crippen LogP contribution in [-0.2, 0) is 0 Å². The molecule has 0 bridgehead atoms. The topological polar surface area (TPSA) is 128 Å². The summed E-state index contributed by atoms with van der Waals surface area (Å²) in [5, 5.41) is 21.8. The van der Waals surface area contributed by atoms with Gasteiger partial charge in [-0.15, -0.1) is 0 Å². The van der Waals surface area contributed by atoms with Gasteiger partial charge in [-0.3, -0.25) is 25.1 Å². The standard InChI is InChI=1S/C13H13N6O5.ClH/c1-16(2)9-15-12-5-3-4-6-17(12)24-13-11(19(22)23)7-10(8-14-13)18(20)21;/h3-9H,1-2H3;1H/q+1;/p-1. The number of hydrogen-bond donors (Lipinski definition) is 0. The maximum atomic E-state index is 11.1. The first-order chi connectivity index (χ1) is 11.4. The molecule has 0 N–H and O–H groups in total. The maximum absolute atomic E-state index is 11.1. The van der Waals surface area contributed by atoms with Crippen molar-refractivity contribution in [1.29, 1.82) is 0 Å². The molecule has 2 rings (SSSR count). The molecule has 2 heterocycles. The summed E-state index contributed by atoms with van der Waals surface area (Å²) >= 11 is 0. The van der Waals surface area contributed by atoms with Crippen molar-refractivity contribution >= 4 is 23.5 Å². The SMILES string of the molecule is CN(C)/C=N/c1cccc[n+]1Oc1ncc([N+](=O)[O-])cc1[N+](=O)[O-].[Cl-]. The van der Waals surface area contributed by atoms with Crippen molar-refractivity contribution in [2.75, 3.05) is 14.1 Å². The summed E-state index contributed by atoms with van der Waals surface area (Å²) in [6.45, 7) is 0. The number of aromatic nitrogens is 2. The molecule has 0 saturated carbocycles. The molecule has 0 aliphatic rings. The van der Waals surface area contributed by atoms with Crippen LogP contribution in [0.25, 0.3) is 0 Å². The Balaban J connectivity index is 0.00000312. The number of aliphatic imine (C=N–C) groups is 1. The van der Waals surface area contributed by atoms with Crippen LogP contribution < -0.4 is 22.0 Å². The number of pyridine rings is 2. The largest absolute Gasteiger partial charge is 1.00 e. The summed E-state index contributed by atoms with van der Waals surface area (Å²) in [4.78, 5) is 35.1. The molecule has 25 heavy (non-hydrogen) atoms. The van der Waals surface area contributed by atoms with Crippen LogP contribution in [0.4, 0.5) is 17.2 Å². The summed E-state index contributed by atoms with van der Waals surface area (Å²) in [5.74, 6) is -0.0382. The second-order valence-corrected chi connectivity index (χ2v) is 4.72. The Labute approximate surface area is 147 Å². The number of rotatable bonds is 6. The van der Waals surface area contributed by atoms with Gasteiger partial charge in [-0.2, -0.15) is 0 Å². The predicted molar refractivity (Wildman–Crippen MR) is 82.0 cm³/mol. The zero-order valence-electron chi connectivity index (χ0n) is 13.1. The quantitative estimate of drug-likeness (QED) is 0.194. The van der Waals surface area contributed by atoms with Gasteiger partial charge in [0, 0.05) is 20.2 Å². The molecule has 0 radical (unpaired) electrons. The second-order valence-electron chi connectivity index (χ2n) is 4.72. The van der Waals surface area contributed by atoms with Crippen molar-refractivity contribution in [2.24, 2.45) is 4.99 Å². The number of nitrogens with zero attached hydrogens (tertiary/aromatic N) is 6. The Morgan fingerprint density at radius 2 is 2.00 bits per heavy atom. The highest BCUT2D eigenvalue weighted by atomic mass is 35.5. The average molecular weight is 369 g/mol. The highest BCUT2D eigenvalue weighted by Gasteiger charge is 2.25. The van der Waals surface area contributed by atoms with E-state index >= 15 is 0 Å². The van der Waals surface area contributed by atoms with Gasteiger partial charge in [0.15, 0.2) is 0 Å². The minimum atomic E-state index is -0.804. The molecule has 0 aliphatic carbocycles. The van der Waals surface area contributed by atoms with E-state index < -0.39 is 21.2 Å². The number of nitro groups is 2. The molecule has 0 atom stereocenters. The first kappa shape index (κ1) is 19.7. The third-order valence-corrected chi connectivity index (χ3v) is 2.63. The molecule has 0 aromatic carbocycles. The normalized spacial score (nSPS) is 10.2. The van der Waals surface area contributed by atoms with Crippen LogP contribution in [-0.4, -0.2) is 40.2 Å². The first-order valence-corrected chi connectivity index (χ1v) is 6.57. The Hall–Kier alpha value is -3.34. The minimum absolute atomic E-state index is 0. The van der Waals surface area contributed by atoms with Crippen LogP contribution >= 0.6 is 0 Å². The minimum Gasteiger partial charge on any atom is -1.00 e. The van der Waals surface area contributed by atoms with Crippen LogP contribution in [0.5, 0.6) is 5.88 Å². The van der Waals surface area contributed by atoms with Gasteiger partial charge in [-0.25, -0.2) is 4.98 Å². The molecule has 12 heteroatoms. The Bertz CT molecular complexity index is 813. The lowest BCUT2D eigenvalue weighted by Gasteiger charge is -2.03. The van der Waals surface area contributed by atoms with E-state index in [9.17, 15) is 20.2 Å². The van der Waals surface area contributed by atoms with E-state index in [0.29, 0.717) is 5.82 Å². The van der Waals surface area contributed by atoms with Gasteiger partial charge < -0.3 is 17.3 Å². The Kier molecular flexibility index (Phi) is 6.70. The lowest BCUT2D eigenvalue weighted by molar-refractivity contribution is -0.865. The van der Waals surface area contributed by atoms with Gasteiger partial charge in [0.05, 0.1) is 9.85 Å². The van der Waals surface area contributed by atoms with Gasteiger partial charge in [0.25, 0.3) is 5.69 Å². The molecule has 0 saturated heterocycles. The summed E-state index contributed by atoms with van der Waals surface area (Å²) in [6, 6.07) is 5.75. The zero-order valence-corrected chi connectivity index (χ0v) is 13.9.